The second kappa shape index (κ2) is 2.53. The normalized spacial score (nSPS) is 58.6. The molecule has 2 unspecified atom stereocenters. The predicted octanol–water partition coefficient (Wildman–Crippen LogP) is 4.13. The Bertz CT molecular complexity index is 219. The second-order valence-corrected chi connectivity index (χ2v) is 7.65. The lowest BCUT2D eigenvalue weighted by atomic mass is 9.49. The average Bonchev–Trinajstić information content (AvgIpc) is 1.99. The molecule has 4 bridgehead atoms. The minimum atomic E-state index is 0.576. The Morgan fingerprint density at radius 2 is 1.77 bits per heavy atom. The Hall–Kier alpha value is 0.480. The van der Waals surface area contributed by atoms with E-state index >= 15 is 0 Å². The van der Waals surface area contributed by atoms with Gasteiger partial charge in [0.15, 0.2) is 0 Å². The first-order chi connectivity index (χ1) is 6.13. The van der Waals surface area contributed by atoms with Gasteiger partial charge in [0.05, 0.1) is 0 Å². The van der Waals surface area contributed by atoms with Gasteiger partial charge in [0.25, 0.3) is 0 Å². The molecule has 0 aromatic rings. The first-order valence-corrected chi connectivity index (χ1v) is 6.61. The maximum atomic E-state index is 4.03. The standard InChI is InChI=1S/C12H19Br/c1-2-11-4-9-3-10(5-11)7-12(13,6-9)8-11/h9-10H,2-8H2,1H3. The van der Waals surface area contributed by atoms with E-state index in [9.17, 15) is 0 Å². The van der Waals surface area contributed by atoms with Crippen molar-refractivity contribution < 1.29 is 0 Å². The maximum Gasteiger partial charge on any atom is 0.0268 e. The van der Waals surface area contributed by atoms with Crippen LogP contribution >= 0.6 is 15.9 Å². The summed E-state index contributed by atoms with van der Waals surface area (Å²) >= 11 is 4.03. The van der Waals surface area contributed by atoms with E-state index in [2.05, 4.69) is 22.9 Å². The summed E-state index contributed by atoms with van der Waals surface area (Å²) in [4.78, 5) is 0. The number of halogens is 1. The SMILES string of the molecule is CCC12CC3CC(CC(Br)(C3)C1)C2. The van der Waals surface area contributed by atoms with Crippen LogP contribution in [0.15, 0.2) is 0 Å². The Morgan fingerprint density at radius 3 is 2.23 bits per heavy atom. The van der Waals surface area contributed by atoms with E-state index in [-0.39, 0.29) is 0 Å². The summed E-state index contributed by atoms with van der Waals surface area (Å²) in [6.07, 6.45) is 10.5. The Labute approximate surface area is 89.6 Å². The van der Waals surface area contributed by atoms with Crippen LogP contribution in [0.5, 0.6) is 0 Å². The highest BCUT2D eigenvalue weighted by Gasteiger charge is 2.55. The van der Waals surface area contributed by atoms with Crippen molar-refractivity contribution in [1.82, 2.24) is 0 Å². The maximum absolute atomic E-state index is 4.03. The van der Waals surface area contributed by atoms with Gasteiger partial charge >= 0.3 is 0 Å². The van der Waals surface area contributed by atoms with Crippen LogP contribution in [-0.2, 0) is 0 Å². The van der Waals surface area contributed by atoms with Gasteiger partial charge in [0.2, 0.25) is 0 Å². The number of alkyl halides is 1. The molecule has 0 heterocycles. The van der Waals surface area contributed by atoms with Crippen molar-refractivity contribution in [3.8, 4) is 0 Å². The zero-order valence-corrected chi connectivity index (χ0v) is 10.1. The van der Waals surface area contributed by atoms with Crippen LogP contribution in [0.1, 0.15) is 51.9 Å². The van der Waals surface area contributed by atoms with Gasteiger partial charge in [-0.15, -0.1) is 0 Å². The minimum absolute atomic E-state index is 0.576. The highest BCUT2D eigenvalue weighted by molar-refractivity contribution is 9.10. The zero-order valence-electron chi connectivity index (χ0n) is 8.48. The van der Waals surface area contributed by atoms with E-state index in [1.165, 1.54) is 25.7 Å². The number of hydrogen-bond acceptors (Lipinski definition) is 0. The molecule has 13 heavy (non-hydrogen) atoms. The lowest BCUT2D eigenvalue weighted by Gasteiger charge is -2.60. The zero-order chi connectivity index (χ0) is 9.10. The molecule has 4 aliphatic carbocycles. The van der Waals surface area contributed by atoms with Crippen LogP contribution < -0.4 is 0 Å². The summed E-state index contributed by atoms with van der Waals surface area (Å²) in [5.74, 6) is 2.14. The van der Waals surface area contributed by atoms with Crippen LogP contribution in [0.2, 0.25) is 0 Å². The Morgan fingerprint density at radius 1 is 1.15 bits per heavy atom. The van der Waals surface area contributed by atoms with E-state index in [0.29, 0.717) is 4.32 Å². The molecular formula is C12H19Br. The van der Waals surface area contributed by atoms with Crippen molar-refractivity contribution in [2.45, 2.75) is 56.2 Å². The Kier molecular flexibility index (Phi) is 1.71. The molecule has 0 aliphatic heterocycles. The van der Waals surface area contributed by atoms with Gasteiger partial charge in [-0.3, -0.25) is 0 Å². The highest BCUT2D eigenvalue weighted by Crippen LogP contribution is 2.65. The van der Waals surface area contributed by atoms with Crippen molar-refractivity contribution in [2.24, 2.45) is 17.3 Å². The van der Waals surface area contributed by atoms with E-state index in [1.54, 1.807) is 19.3 Å². The molecule has 0 aromatic heterocycles. The molecule has 0 spiro atoms. The number of hydrogen-bond donors (Lipinski definition) is 0. The first kappa shape index (κ1) is 8.76. The van der Waals surface area contributed by atoms with Gasteiger partial charge in [0, 0.05) is 4.32 Å². The molecule has 4 saturated carbocycles. The summed E-state index contributed by atoms with van der Waals surface area (Å²) in [5, 5.41) is 0. The molecule has 0 nitrogen and oxygen atoms in total. The summed E-state index contributed by atoms with van der Waals surface area (Å²) < 4.78 is 0.576. The summed E-state index contributed by atoms with van der Waals surface area (Å²) in [5.41, 5.74) is 0.758. The quantitative estimate of drug-likeness (QED) is 0.607. The summed E-state index contributed by atoms with van der Waals surface area (Å²) in [6, 6.07) is 0. The van der Waals surface area contributed by atoms with Gasteiger partial charge in [-0.05, 0) is 55.8 Å². The average molecular weight is 243 g/mol. The van der Waals surface area contributed by atoms with E-state index in [4.69, 9.17) is 0 Å². The van der Waals surface area contributed by atoms with E-state index < -0.39 is 0 Å². The van der Waals surface area contributed by atoms with Gasteiger partial charge in [-0.1, -0.05) is 29.3 Å². The fourth-order valence-corrected chi connectivity index (χ4v) is 6.26. The molecule has 74 valence electrons. The largest absolute Gasteiger partial charge is 0.0853 e. The molecule has 0 amide bonds. The van der Waals surface area contributed by atoms with Crippen LogP contribution in [-0.4, -0.2) is 4.32 Å². The molecule has 0 radical (unpaired) electrons. The third-order valence-electron chi connectivity index (χ3n) is 4.86. The molecule has 0 aromatic carbocycles. The van der Waals surface area contributed by atoms with E-state index in [1.807, 2.05) is 0 Å². The fraction of sp³-hybridized carbons (Fsp3) is 1.00. The highest BCUT2D eigenvalue weighted by atomic mass is 79.9. The van der Waals surface area contributed by atoms with Gasteiger partial charge in [-0.25, -0.2) is 0 Å². The summed E-state index contributed by atoms with van der Waals surface area (Å²) in [6.45, 7) is 2.41. The van der Waals surface area contributed by atoms with Crippen LogP contribution in [0, 0.1) is 17.3 Å². The van der Waals surface area contributed by atoms with Gasteiger partial charge in [0.1, 0.15) is 0 Å². The predicted molar refractivity (Wildman–Crippen MR) is 59.1 cm³/mol. The molecule has 1 heteroatoms. The topological polar surface area (TPSA) is 0 Å². The minimum Gasteiger partial charge on any atom is -0.0853 e. The summed E-state index contributed by atoms with van der Waals surface area (Å²) in [7, 11) is 0. The van der Waals surface area contributed by atoms with E-state index in [0.717, 1.165) is 17.3 Å². The lowest BCUT2D eigenvalue weighted by Crippen LogP contribution is -2.52. The van der Waals surface area contributed by atoms with Crippen molar-refractivity contribution >= 4 is 15.9 Å². The molecule has 4 fully saturated rings. The van der Waals surface area contributed by atoms with Crippen molar-refractivity contribution in [3.05, 3.63) is 0 Å². The van der Waals surface area contributed by atoms with Crippen molar-refractivity contribution in [3.63, 3.8) is 0 Å². The first-order valence-electron chi connectivity index (χ1n) is 5.82. The molecule has 2 atom stereocenters. The van der Waals surface area contributed by atoms with Crippen LogP contribution in [0.25, 0.3) is 0 Å². The van der Waals surface area contributed by atoms with Gasteiger partial charge < -0.3 is 0 Å². The number of rotatable bonds is 1. The fourth-order valence-electron chi connectivity index (χ4n) is 4.75. The molecule has 0 saturated heterocycles. The monoisotopic (exact) mass is 242 g/mol. The third-order valence-corrected chi connectivity index (χ3v) is 5.79. The smallest absolute Gasteiger partial charge is 0.0268 e. The van der Waals surface area contributed by atoms with Crippen LogP contribution in [0.4, 0.5) is 0 Å². The second-order valence-electron chi connectivity index (χ2n) is 5.97. The molecule has 4 rings (SSSR count). The van der Waals surface area contributed by atoms with Crippen molar-refractivity contribution in [1.29, 1.82) is 0 Å². The lowest BCUT2D eigenvalue weighted by molar-refractivity contribution is -0.0370. The molecule has 4 aliphatic rings. The molecule has 0 N–H and O–H groups in total. The molecular weight excluding hydrogens is 224 g/mol. The Balaban J connectivity index is 1.95. The van der Waals surface area contributed by atoms with Crippen molar-refractivity contribution in [2.75, 3.05) is 0 Å². The van der Waals surface area contributed by atoms with Gasteiger partial charge in [-0.2, -0.15) is 0 Å². The van der Waals surface area contributed by atoms with Crippen LogP contribution in [0.3, 0.4) is 0 Å². The third kappa shape index (κ3) is 1.22.